The van der Waals surface area contributed by atoms with Gasteiger partial charge in [0.05, 0.1) is 17.1 Å². The summed E-state index contributed by atoms with van der Waals surface area (Å²) in [6, 6.07) is 2.29. The van der Waals surface area contributed by atoms with Gasteiger partial charge in [0.2, 0.25) is 10.0 Å². The van der Waals surface area contributed by atoms with Crippen LogP contribution in [0.1, 0.15) is 22.3 Å². The molecule has 110 valence electrons. The molecule has 1 unspecified atom stereocenters. The molecule has 0 amide bonds. The summed E-state index contributed by atoms with van der Waals surface area (Å²) < 4.78 is 32.7. The molecule has 0 saturated carbocycles. The second-order valence-electron chi connectivity index (χ2n) is 4.59. The van der Waals surface area contributed by atoms with E-state index in [-0.39, 0.29) is 16.5 Å². The zero-order valence-corrected chi connectivity index (χ0v) is 13.1. The lowest BCUT2D eigenvalue weighted by Crippen LogP contribution is -2.35. The Morgan fingerprint density at radius 1 is 1.50 bits per heavy atom. The average molecular weight is 364 g/mol. The summed E-state index contributed by atoms with van der Waals surface area (Å²) in [4.78, 5) is 11.0. The minimum atomic E-state index is -3.79. The van der Waals surface area contributed by atoms with Gasteiger partial charge < -0.3 is 9.84 Å². The number of rotatable bonds is 4. The zero-order chi connectivity index (χ0) is 14.9. The standard InChI is InChI=1S/C12H14BrNO5S/c1-7-4-8(12(15)16)5-10(11(7)13)20(17,18)14-9-2-3-19-6-9/h4-5,9,14H,2-3,6H2,1H3,(H,15,16). The van der Waals surface area contributed by atoms with Crippen LogP contribution in [0.5, 0.6) is 0 Å². The number of benzene rings is 1. The number of hydrogen-bond acceptors (Lipinski definition) is 4. The molecule has 0 aromatic heterocycles. The Balaban J connectivity index is 2.41. The summed E-state index contributed by atoms with van der Waals surface area (Å²) in [7, 11) is -3.79. The number of nitrogens with one attached hydrogen (secondary N) is 1. The highest BCUT2D eigenvalue weighted by molar-refractivity contribution is 9.10. The zero-order valence-electron chi connectivity index (χ0n) is 10.7. The third-order valence-electron chi connectivity index (χ3n) is 3.01. The molecule has 0 aliphatic carbocycles. The third-order valence-corrected chi connectivity index (χ3v) is 5.87. The minimum absolute atomic E-state index is 0.0613. The van der Waals surface area contributed by atoms with Crippen molar-refractivity contribution >= 4 is 31.9 Å². The molecular weight excluding hydrogens is 350 g/mol. The molecule has 1 aromatic rings. The topological polar surface area (TPSA) is 92.7 Å². The van der Waals surface area contributed by atoms with Gasteiger partial charge in [0.25, 0.3) is 0 Å². The maximum Gasteiger partial charge on any atom is 0.335 e. The largest absolute Gasteiger partial charge is 0.478 e. The molecule has 1 aromatic carbocycles. The van der Waals surface area contributed by atoms with Crippen LogP contribution in [-0.2, 0) is 14.8 Å². The Morgan fingerprint density at radius 2 is 2.20 bits per heavy atom. The highest BCUT2D eigenvalue weighted by atomic mass is 79.9. The lowest BCUT2D eigenvalue weighted by molar-refractivity contribution is 0.0696. The van der Waals surface area contributed by atoms with Gasteiger partial charge in [-0.3, -0.25) is 0 Å². The Labute approximate surface area is 125 Å². The fraction of sp³-hybridized carbons (Fsp3) is 0.417. The monoisotopic (exact) mass is 363 g/mol. The second kappa shape index (κ2) is 5.80. The molecule has 2 rings (SSSR count). The van der Waals surface area contributed by atoms with Crippen LogP contribution in [0.3, 0.4) is 0 Å². The van der Waals surface area contributed by atoms with Crippen molar-refractivity contribution in [1.29, 1.82) is 0 Å². The molecular formula is C12H14BrNO5S. The molecule has 1 aliphatic rings. The van der Waals surface area contributed by atoms with Crippen molar-refractivity contribution < 1.29 is 23.1 Å². The van der Waals surface area contributed by atoms with Crippen molar-refractivity contribution in [1.82, 2.24) is 4.72 Å². The highest BCUT2D eigenvalue weighted by Crippen LogP contribution is 2.28. The van der Waals surface area contributed by atoms with Crippen molar-refractivity contribution in [3.63, 3.8) is 0 Å². The van der Waals surface area contributed by atoms with Crippen LogP contribution in [-0.4, -0.2) is 38.7 Å². The Hall–Kier alpha value is -0.960. The van der Waals surface area contributed by atoms with Gasteiger partial charge in [0.1, 0.15) is 0 Å². The number of carboxylic acid groups (broad SMARTS) is 1. The first kappa shape index (κ1) is 15.4. The predicted molar refractivity (Wildman–Crippen MR) is 75.4 cm³/mol. The van der Waals surface area contributed by atoms with Crippen LogP contribution in [0, 0.1) is 6.92 Å². The van der Waals surface area contributed by atoms with Gasteiger partial charge in [0.15, 0.2) is 0 Å². The molecule has 0 radical (unpaired) electrons. The van der Waals surface area contributed by atoms with Gasteiger partial charge in [0, 0.05) is 17.1 Å². The molecule has 8 heteroatoms. The van der Waals surface area contributed by atoms with Crippen molar-refractivity contribution in [3.05, 3.63) is 27.7 Å². The molecule has 1 aliphatic heterocycles. The lowest BCUT2D eigenvalue weighted by atomic mass is 10.1. The lowest BCUT2D eigenvalue weighted by Gasteiger charge is -2.14. The first-order chi connectivity index (χ1) is 9.31. The predicted octanol–water partition coefficient (Wildman–Crippen LogP) is 1.52. The quantitative estimate of drug-likeness (QED) is 0.845. The van der Waals surface area contributed by atoms with Crippen molar-refractivity contribution in [2.45, 2.75) is 24.3 Å². The molecule has 6 nitrogen and oxygen atoms in total. The molecule has 0 bridgehead atoms. The summed E-state index contributed by atoms with van der Waals surface area (Å²) in [5.74, 6) is -1.17. The van der Waals surface area contributed by atoms with Crippen molar-refractivity contribution in [2.75, 3.05) is 13.2 Å². The highest BCUT2D eigenvalue weighted by Gasteiger charge is 2.26. The number of sulfonamides is 1. The SMILES string of the molecule is Cc1cc(C(=O)O)cc(S(=O)(=O)NC2CCOC2)c1Br. The Kier molecular flexibility index (Phi) is 4.48. The van der Waals surface area contributed by atoms with Gasteiger partial charge in [-0.25, -0.2) is 17.9 Å². The van der Waals surface area contributed by atoms with E-state index in [9.17, 15) is 13.2 Å². The van der Waals surface area contributed by atoms with Gasteiger partial charge in [-0.2, -0.15) is 0 Å². The van der Waals surface area contributed by atoms with Gasteiger partial charge >= 0.3 is 5.97 Å². The van der Waals surface area contributed by atoms with Crippen molar-refractivity contribution in [2.24, 2.45) is 0 Å². The van der Waals surface area contributed by atoms with E-state index in [4.69, 9.17) is 9.84 Å². The number of hydrogen-bond donors (Lipinski definition) is 2. The summed E-state index contributed by atoms with van der Waals surface area (Å²) >= 11 is 3.21. The van der Waals surface area contributed by atoms with E-state index in [1.807, 2.05) is 0 Å². The van der Waals surface area contributed by atoms with Crippen LogP contribution in [0.4, 0.5) is 0 Å². The number of aromatic carboxylic acids is 1. The minimum Gasteiger partial charge on any atom is -0.478 e. The van der Waals surface area contributed by atoms with E-state index in [0.29, 0.717) is 29.7 Å². The first-order valence-electron chi connectivity index (χ1n) is 5.95. The second-order valence-corrected chi connectivity index (χ2v) is 7.07. The van der Waals surface area contributed by atoms with E-state index >= 15 is 0 Å². The summed E-state index contributed by atoms with van der Waals surface area (Å²) in [5.41, 5.74) is 0.488. The fourth-order valence-electron chi connectivity index (χ4n) is 1.97. The van der Waals surface area contributed by atoms with Gasteiger partial charge in [-0.15, -0.1) is 0 Å². The number of carboxylic acids is 1. The smallest absolute Gasteiger partial charge is 0.335 e. The molecule has 1 heterocycles. The summed E-state index contributed by atoms with van der Waals surface area (Å²) in [5, 5.41) is 9.02. The fourth-order valence-corrected chi connectivity index (χ4v) is 4.27. The van der Waals surface area contributed by atoms with Crippen LogP contribution in [0.2, 0.25) is 0 Å². The Morgan fingerprint density at radius 3 is 2.75 bits per heavy atom. The maximum absolute atomic E-state index is 12.3. The van der Waals surface area contributed by atoms with E-state index in [1.165, 1.54) is 6.07 Å². The van der Waals surface area contributed by atoms with Gasteiger partial charge in [-0.05, 0) is 47.0 Å². The van der Waals surface area contributed by atoms with Crippen LogP contribution in [0.15, 0.2) is 21.5 Å². The van der Waals surface area contributed by atoms with E-state index in [0.717, 1.165) is 6.07 Å². The van der Waals surface area contributed by atoms with E-state index in [1.54, 1.807) is 6.92 Å². The normalized spacial score (nSPS) is 19.2. The molecule has 2 N–H and O–H groups in total. The summed E-state index contributed by atoms with van der Waals surface area (Å²) in [6.07, 6.45) is 0.606. The summed E-state index contributed by atoms with van der Waals surface area (Å²) in [6.45, 7) is 2.49. The van der Waals surface area contributed by atoms with E-state index < -0.39 is 16.0 Å². The molecule has 1 atom stereocenters. The number of halogens is 1. The number of aryl methyl sites for hydroxylation is 1. The van der Waals surface area contributed by atoms with Gasteiger partial charge in [-0.1, -0.05) is 0 Å². The van der Waals surface area contributed by atoms with E-state index in [2.05, 4.69) is 20.7 Å². The number of ether oxygens (including phenoxy) is 1. The molecule has 1 saturated heterocycles. The van der Waals surface area contributed by atoms with Crippen LogP contribution >= 0.6 is 15.9 Å². The molecule has 0 spiro atoms. The van der Waals surface area contributed by atoms with Crippen LogP contribution < -0.4 is 4.72 Å². The van der Waals surface area contributed by atoms with Crippen molar-refractivity contribution in [3.8, 4) is 0 Å². The maximum atomic E-state index is 12.3. The van der Waals surface area contributed by atoms with Crippen LogP contribution in [0.25, 0.3) is 0 Å². The Bertz CT molecular complexity index is 637. The molecule has 1 fully saturated rings. The number of carbonyl (C=O) groups is 1. The molecule has 20 heavy (non-hydrogen) atoms. The first-order valence-corrected chi connectivity index (χ1v) is 8.22. The third kappa shape index (κ3) is 3.20. The average Bonchev–Trinajstić information content (AvgIpc) is 2.83.